The van der Waals surface area contributed by atoms with Crippen LogP contribution in [-0.4, -0.2) is 29.7 Å². The standard InChI is InChI=1S/C12H17N3O2/c16-12-9-3-6-17-7-10(9)14-11(15-12)8-1-4-13-5-2-8/h8,13H,1-7H2,(H,14,15,16). The maximum absolute atomic E-state index is 12.0. The highest BCUT2D eigenvalue weighted by molar-refractivity contribution is 5.20. The minimum absolute atomic E-state index is 0.0341. The Morgan fingerprint density at radius 1 is 1.29 bits per heavy atom. The number of aromatic nitrogens is 2. The first-order chi connectivity index (χ1) is 8.34. The van der Waals surface area contributed by atoms with Crippen molar-refractivity contribution in [3.63, 3.8) is 0 Å². The van der Waals surface area contributed by atoms with E-state index in [9.17, 15) is 4.79 Å². The lowest BCUT2D eigenvalue weighted by Gasteiger charge is -2.23. The monoisotopic (exact) mass is 235 g/mol. The third-order valence-corrected chi connectivity index (χ3v) is 3.58. The highest BCUT2D eigenvalue weighted by Crippen LogP contribution is 2.22. The molecule has 0 aliphatic carbocycles. The van der Waals surface area contributed by atoms with Gasteiger partial charge in [-0.1, -0.05) is 0 Å². The molecule has 0 aromatic carbocycles. The van der Waals surface area contributed by atoms with Crippen LogP contribution < -0.4 is 10.9 Å². The Balaban J connectivity index is 1.95. The largest absolute Gasteiger partial charge is 0.375 e. The number of hydrogen-bond donors (Lipinski definition) is 2. The van der Waals surface area contributed by atoms with Gasteiger partial charge in [0.2, 0.25) is 0 Å². The first-order valence-electron chi connectivity index (χ1n) is 6.25. The van der Waals surface area contributed by atoms with Gasteiger partial charge >= 0.3 is 0 Å². The molecule has 0 bridgehead atoms. The van der Waals surface area contributed by atoms with Gasteiger partial charge in [-0.3, -0.25) is 4.79 Å². The van der Waals surface area contributed by atoms with Crippen LogP contribution in [0.3, 0.4) is 0 Å². The van der Waals surface area contributed by atoms with E-state index in [0.29, 0.717) is 25.6 Å². The molecule has 0 atom stereocenters. The number of aromatic amines is 1. The summed E-state index contributed by atoms with van der Waals surface area (Å²) in [6, 6.07) is 0. The number of rotatable bonds is 1. The van der Waals surface area contributed by atoms with Gasteiger partial charge in [-0.25, -0.2) is 4.98 Å². The molecule has 3 rings (SSSR count). The van der Waals surface area contributed by atoms with Crippen molar-refractivity contribution in [3.05, 3.63) is 27.4 Å². The van der Waals surface area contributed by atoms with E-state index in [-0.39, 0.29) is 5.56 Å². The van der Waals surface area contributed by atoms with E-state index in [1.165, 1.54) is 0 Å². The zero-order chi connectivity index (χ0) is 11.7. The lowest BCUT2D eigenvalue weighted by molar-refractivity contribution is 0.106. The number of nitrogens with one attached hydrogen (secondary N) is 2. The first-order valence-corrected chi connectivity index (χ1v) is 6.25. The van der Waals surface area contributed by atoms with Crippen LogP contribution in [0.15, 0.2) is 4.79 Å². The summed E-state index contributed by atoms with van der Waals surface area (Å²) in [6.07, 6.45) is 2.77. The summed E-state index contributed by atoms with van der Waals surface area (Å²) >= 11 is 0. The van der Waals surface area contributed by atoms with Crippen LogP contribution in [0.25, 0.3) is 0 Å². The Bertz CT molecular complexity index is 463. The van der Waals surface area contributed by atoms with Crippen molar-refractivity contribution in [3.8, 4) is 0 Å². The molecular formula is C12H17N3O2. The molecule has 2 aliphatic rings. The number of ether oxygens (including phenoxy) is 1. The Kier molecular flexibility index (Phi) is 2.94. The Hall–Kier alpha value is -1.20. The van der Waals surface area contributed by atoms with Crippen molar-refractivity contribution in [1.82, 2.24) is 15.3 Å². The topological polar surface area (TPSA) is 67.0 Å². The smallest absolute Gasteiger partial charge is 0.254 e. The quantitative estimate of drug-likeness (QED) is 0.735. The molecule has 17 heavy (non-hydrogen) atoms. The van der Waals surface area contributed by atoms with Crippen LogP contribution >= 0.6 is 0 Å². The summed E-state index contributed by atoms with van der Waals surface area (Å²) in [7, 11) is 0. The van der Waals surface area contributed by atoms with Gasteiger partial charge in [0.1, 0.15) is 5.82 Å². The molecule has 1 aromatic heterocycles. The summed E-state index contributed by atoms with van der Waals surface area (Å²) in [6.45, 7) is 3.12. The highest BCUT2D eigenvalue weighted by atomic mass is 16.5. The van der Waals surface area contributed by atoms with E-state index >= 15 is 0 Å². The molecule has 92 valence electrons. The summed E-state index contributed by atoms with van der Waals surface area (Å²) in [5.41, 5.74) is 1.69. The maximum atomic E-state index is 12.0. The third-order valence-electron chi connectivity index (χ3n) is 3.58. The van der Waals surface area contributed by atoms with Gasteiger partial charge in [-0.05, 0) is 25.9 Å². The van der Waals surface area contributed by atoms with Crippen LogP contribution in [0.1, 0.15) is 35.8 Å². The van der Waals surface area contributed by atoms with Crippen LogP contribution in [0.5, 0.6) is 0 Å². The van der Waals surface area contributed by atoms with Crippen molar-refractivity contribution in [1.29, 1.82) is 0 Å². The molecule has 5 heteroatoms. The van der Waals surface area contributed by atoms with Crippen LogP contribution in [-0.2, 0) is 17.8 Å². The van der Waals surface area contributed by atoms with Gasteiger partial charge in [0, 0.05) is 17.9 Å². The van der Waals surface area contributed by atoms with Crippen LogP contribution in [0.2, 0.25) is 0 Å². The predicted molar refractivity (Wildman–Crippen MR) is 63.1 cm³/mol. The SMILES string of the molecule is O=c1[nH]c(C2CCNCC2)nc2c1CCOC2. The average molecular weight is 235 g/mol. The fourth-order valence-electron chi connectivity index (χ4n) is 2.57. The fraction of sp³-hybridized carbons (Fsp3) is 0.667. The fourth-order valence-corrected chi connectivity index (χ4v) is 2.57. The Morgan fingerprint density at radius 3 is 2.94 bits per heavy atom. The van der Waals surface area contributed by atoms with Gasteiger partial charge in [0.05, 0.1) is 18.9 Å². The Labute approximate surface area is 99.6 Å². The molecule has 0 saturated carbocycles. The van der Waals surface area contributed by atoms with Gasteiger partial charge in [-0.2, -0.15) is 0 Å². The van der Waals surface area contributed by atoms with Crippen molar-refractivity contribution in [2.75, 3.05) is 19.7 Å². The zero-order valence-corrected chi connectivity index (χ0v) is 9.79. The first kappa shape index (κ1) is 10.9. The van der Waals surface area contributed by atoms with Crippen molar-refractivity contribution in [2.45, 2.75) is 31.8 Å². The predicted octanol–water partition coefficient (Wildman–Crippen LogP) is 0.310. The summed E-state index contributed by atoms with van der Waals surface area (Å²) in [5.74, 6) is 1.23. The van der Waals surface area contributed by atoms with Gasteiger partial charge < -0.3 is 15.0 Å². The molecule has 0 unspecified atom stereocenters. The number of fused-ring (bicyclic) bond motifs is 1. The molecule has 1 fully saturated rings. The molecule has 5 nitrogen and oxygen atoms in total. The molecule has 0 spiro atoms. The van der Waals surface area contributed by atoms with E-state index in [0.717, 1.165) is 43.0 Å². The lowest BCUT2D eigenvalue weighted by atomic mass is 9.97. The second-order valence-electron chi connectivity index (χ2n) is 4.70. The molecule has 1 aromatic rings. The highest BCUT2D eigenvalue weighted by Gasteiger charge is 2.21. The van der Waals surface area contributed by atoms with Gasteiger partial charge in [0.25, 0.3) is 5.56 Å². The molecule has 0 amide bonds. The molecule has 3 heterocycles. The number of nitrogens with zero attached hydrogens (tertiary/aromatic N) is 1. The van der Waals surface area contributed by atoms with Gasteiger partial charge in [-0.15, -0.1) is 0 Å². The maximum Gasteiger partial charge on any atom is 0.254 e. The second kappa shape index (κ2) is 4.58. The van der Waals surface area contributed by atoms with Crippen LogP contribution in [0.4, 0.5) is 0 Å². The van der Waals surface area contributed by atoms with Gasteiger partial charge in [0.15, 0.2) is 0 Å². The third kappa shape index (κ3) is 2.12. The minimum atomic E-state index is 0.0341. The average Bonchev–Trinajstić information content (AvgIpc) is 2.40. The van der Waals surface area contributed by atoms with Crippen molar-refractivity contribution < 1.29 is 4.74 Å². The minimum Gasteiger partial charge on any atom is -0.375 e. The molecule has 0 radical (unpaired) electrons. The van der Waals surface area contributed by atoms with E-state index in [1.54, 1.807) is 0 Å². The zero-order valence-electron chi connectivity index (χ0n) is 9.79. The van der Waals surface area contributed by atoms with Crippen LogP contribution in [0, 0.1) is 0 Å². The second-order valence-corrected chi connectivity index (χ2v) is 4.70. The molecule has 2 N–H and O–H groups in total. The van der Waals surface area contributed by atoms with Crippen molar-refractivity contribution >= 4 is 0 Å². The molecule has 2 aliphatic heterocycles. The Morgan fingerprint density at radius 2 is 2.12 bits per heavy atom. The number of H-pyrrole nitrogens is 1. The van der Waals surface area contributed by atoms with E-state index in [2.05, 4.69) is 15.3 Å². The normalized spacial score (nSPS) is 21.2. The van der Waals surface area contributed by atoms with Crippen molar-refractivity contribution in [2.24, 2.45) is 0 Å². The number of hydrogen-bond acceptors (Lipinski definition) is 4. The lowest BCUT2D eigenvalue weighted by Crippen LogP contribution is -2.31. The van der Waals surface area contributed by atoms with E-state index < -0.39 is 0 Å². The van der Waals surface area contributed by atoms with E-state index in [4.69, 9.17) is 4.74 Å². The summed E-state index contributed by atoms with van der Waals surface area (Å²) in [4.78, 5) is 19.5. The molecular weight excluding hydrogens is 218 g/mol. The van der Waals surface area contributed by atoms with E-state index in [1.807, 2.05) is 0 Å². The summed E-state index contributed by atoms with van der Waals surface area (Å²) < 4.78 is 5.37. The molecule has 1 saturated heterocycles. The summed E-state index contributed by atoms with van der Waals surface area (Å²) in [5, 5.41) is 3.32. The number of piperidine rings is 1.